The third-order valence-corrected chi connectivity index (χ3v) is 5.45. The highest BCUT2D eigenvalue weighted by molar-refractivity contribution is 6.31. The zero-order valence-electron chi connectivity index (χ0n) is 18.8. The zero-order valence-corrected chi connectivity index (χ0v) is 19.5. The van der Waals surface area contributed by atoms with Crippen molar-refractivity contribution in [2.24, 2.45) is 0 Å². The lowest BCUT2D eigenvalue weighted by Gasteiger charge is -2.15. The number of rotatable bonds is 7. The van der Waals surface area contributed by atoms with Crippen molar-refractivity contribution >= 4 is 29.5 Å². The molecule has 0 bridgehead atoms. The summed E-state index contributed by atoms with van der Waals surface area (Å²) in [5, 5.41) is 20.1. The Kier molecular flexibility index (Phi) is 7.02. The Balaban J connectivity index is 1.44. The Hall–Kier alpha value is -4.31. The second-order valence-corrected chi connectivity index (χ2v) is 8.00. The molecule has 0 aliphatic heterocycles. The van der Waals surface area contributed by atoms with Crippen LogP contribution >= 0.6 is 11.6 Å². The third kappa shape index (κ3) is 5.79. The van der Waals surface area contributed by atoms with Crippen molar-refractivity contribution in [1.82, 2.24) is 14.9 Å². The van der Waals surface area contributed by atoms with Gasteiger partial charge >= 0.3 is 12.2 Å². The van der Waals surface area contributed by atoms with E-state index in [1.165, 1.54) is 12.4 Å². The van der Waals surface area contributed by atoms with Gasteiger partial charge in [-0.1, -0.05) is 59.2 Å². The number of nitrogens with one attached hydrogen (secondary N) is 1. The number of nitrogens with zero attached hydrogens (tertiary/aromatic N) is 3. The van der Waals surface area contributed by atoms with Crippen molar-refractivity contribution in [2.75, 3.05) is 5.32 Å². The maximum atomic E-state index is 12.6. The summed E-state index contributed by atoms with van der Waals surface area (Å²) in [5.41, 5.74) is 3.17. The lowest BCUT2D eigenvalue weighted by Crippen LogP contribution is -2.17. The van der Waals surface area contributed by atoms with Crippen LogP contribution < -0.4 is 10.1 Å². The number of carboxylic acid groups (broad SMARTS) is 1. The highest BCUT2D eigenvalue weighted by atomic mass is 35.5. The van der Waals surface area contributed by atoms with Gasteiger partial charge in [-0.05, 0) is 25.5 Å². The van der Waals surface area contributed by atoms with Crippen LogP contribution in [-0.2, 0) is 11.3 Å². The molecule has 1 unspecified atom stereocenters. The van der Waals surface area contributed by atoms with Gasteiger partial charge < -0.3 is 19.1 Å². The number of anilines is 1. The summed E-state index contributed by atoms with van der Waals surface area (Å²) in [7, 11) is 0. The highest BCUT2D eigenvalue weighted by Crippen LogP contribution is 2.31. The average Bonchev–Trinajstić information content (AvgIpc) is 3.40. The van der Waals surface area contributed by atoms with Crippen molar-refractivity contribution in [1.29, 1.82) is 0 Å². The van der Waals surface area contributed by atoms with Crippen LogP contribution in [0.4, 0.5) is 15.3 Å². The van der Waals surface area contributed by atoms with E-state index in [1.807, 2.05) is 30.3 Å². The molecule has 0 aliphatic rings. The van der Waals surface area contributed by atoms with E-state index in [-0.39, 0.29) is 5.75 Å². The number of aromatic nitrogens is 3. The molecule has 0 saturated heterocycles. The SMILES string of the molecule is Cc1onc(-c2ccc(Cn3cc(OC(=O)O)cn3)cc2)c1NC(=O)OC(C)c1ccccc1Cl. The summed E-state index contributed by atoms with van der Waals surface area (Å²) in [6, 6.07) is 14.5. The van der Waals surface area contributed by atoms with Crippen molar-refractivity contribution in [2.45, 2.75) is 26.5 Å². The summed E-state index contributed by atoms with van der Waals surface area (Å²) in [6.07, 6.45) is 0.184. The molecule has 0 aliphatic carbocycles. The molecule has 2 heterocycles. The van der Waals surface area contributed by atoms with Crippen molar-refractivity contribution < 1.29 is 28.7 Å². The Morgan fingerprint density at radius 1 is 1.20 bits per heavy atom. The van der Waals surface area contributed by atoms with Gasteiger partial charge in [0.1, 0.15) is 17.5 Å². The molecule has 11 heteroatoms. The maximum absolute atomic E-state index is 12.6. The van der Waals surface area contributed by atoms with Gasteiger partial charge in [0.25, 0.3) is 0 Å². The Labute approximate surface area is 205 Å². The van der Waals surface area contributed by atoms with Gasteiger partial charge in [-0.15, -0.1) is 0 Å². The first-order valence-electron chi connectivity index (χ1n) is 10.5. The van der Waals surface area contributed by atoms with Gasteiger partial charge in [-0.25, -0.2) is 9.59 Å². The van der Waals surface area contributed by atoms with Gasteiger partial charge in [0.05, 0.1) is 18.9 Å². The van der Waals surface area contributed by atoms with E-state index in [1.54, 1.807) is 36.7 Å². The third-order valence-electron chi connectivity index (χ3n) is 5.10. The number of carbonyl (C=O) groups is 2. The fourth-order valence-electron chi connectivity index (χ4n) is 3.42. The maximum Gasteiger partial charge on any atom is 0.511 e. The molecule has 2 aromatic heterocycles. The molecule has 4 rings (SSSR count). The minimum atomic E-state index is -1.40. The first-order chi connectivity index (χ1) is 16.8. The van der Waals surface area contributed by atoms with Crippen LogP contribution in [0.5, 0.6) is 5.75 Å². The normalized spacial score (nSPS) is 11.6. The second-order valence-electron chi connectivity index (χ2n) is 7.59. The molecule has 0 fully saturated rings. The highest BCUT2D eigenvalue weighted by Gasteiger charge is 2.20. The molecular formula is C24H21ClN4O6. The number of carbonyl (C=O) groups excluding carboxylic acids is 1. The summed E-state index contributed by atoms with van der Waals surface area (Å²) >= 11 is 6.19. The van der Waals surface area contributed by atoms with E-state index >= 15 is 0 Å². The molecule has 1 atom stereocenters. The van der Waals surface area contributed by atoms with E-state index in [0.29, 0.717) is 34.3 Å². The van der Waals surface area contributed by atoms with Gasteiger partial charge in [-0.2, -0.15) is 5.10 Å². The Bertz CT molecular complexity index is 1350. The van der Waals surface area contributed by atoms with Crippen molar-refractivity contribution in [3.05, 3.63) is 82.8 Å². The molecule has 4 aromatic rings. The van der Waals surface area contributed by atoms with Crippen LogP contribution in [0.2, 0.25) is 5.02 Å². The molecule has 0 radical (unpaired) electrons. The molecular weight excluding hydrogens is 476 g/mol. The molecule has 10 nitrogen and oxygen atoms in total. The number of ether oxygens (including phenoxy) is 2. The Morgan fingerprint density at radius 2 is 1.94 bits per heavy atom. The lowest BCUT2D eigenvalue weighted by molar-refractivity contribution is 0.121. The van der Waals surface area contributed by atoms with Crippen LogP contribution in [-0.4, -0.2) is 32.3 Å². The topological polar surface area (TPSA) is 129 Å². The molecule has 1 amide bonds. The van der Waals surface area contributed by atoms with E-state index in [2.05, 4.69) is 20.3 Å². The molecule has 0 spiro atoms. The molecule has 2 N–H and O–H groups in total. The zero-order chi connectivity index (χ0) is 24.9. The smallest absolute Gasteiger partial charge is 0.449 e. The predicted molar refractivity (Wildman–Crippen MR) is 127 cm³/mol. The number of hydrogen-bond acceptors (Lipinski definition) is 7. The van der Waals surface area contributed by atoms with Crippen LogP contribution in [0.3, 0.4) is 0 Å². The second kappa shape index (κ2) is 10.3. The van der Waals surface area contributed by atoms with Gasteiger partial charge in [0.2, 0.25) is 0 Å². The predicted octanol–water partition coefficient (Wildman–Crippen LogP) is 5.91. The van der Waals surface area contributed by atoms with Gasteiger partial charge in [-0.3, -0.25) is 10.00 Å². The average molecular weight is 497 g/mol. The van der Waals surface area contributed by atoms with E-state index in [9.17, 15) is 9.59 Å². The van der Waals surface area contributed by atoms with Crippen LogP contribution in [0.15, 0.2) is 65.4 Å². The number of benzene rings is 2. The lowest BCUT2D eigenvalue weighted by atomic mass is 10.1. The number of aryl methyl sites for hydroxylation is 1. The summed E-state index contributed by atoms with van der Waals surface area (Å²) in [5.74, 6) is 0.563. The first-order valence-corrected chi connectivity index (χ1v) is 10.9. The van der Waals surface area contributed by atoms with Crippen molar-refractivity contribution in [3.63, 3.8) is 0 Å². The van der Waals surface area contributed by atoms with Gasteiger partial charge in [0, 0.05) is 16.1 Å². The molecule has 0 saturated carbocycles. The van der Waals surface area contributed by atoms with Crippen molar-refractivity contribution in [3.8, 4) is 17.0 Å². The molecule has 35 heavy (non-hydrogen) atoms. The van der Waals surface area contributed by atoms with Crippen LogP contribution in [0.1, 0.15) is 29.9 Å². The fourth-order valence-corrected chi connectivity index (χ4v) is 3.71. The summed E-state index contributed by atoms with van der Waals surface area (Å²) in [6.45, 7) is 3.82. The quantitative estimate of drug-likeness (QED) is 0.302. The van der Waals surface area contributed by atoms with Crippen LogP contribution in [0, 0.1) is 6.92 Å². The van der Waals surface area contributed by atoms with E-state index in [0.717, 1.165) is 11.1 Å². The minimum absolute atomic E-state index is 0.138. The fraction of sp³-hybridized carbons (Fsp3) is 0.167. The Morgan fingerprint density at radius 3 is 2.66 bits per heavy atom. The summed E-state index contributed by atoms with van der Waals surface area (Å²) < 4.78 is 16.9. The summed E-state index contributed by atoms with van der Waals surface area (Å²) in [4.78, 5) is 23.2. The van der Waals surface area contributed by atoms with Crippen LogP contribution in [0.25, 0.3) is 11.3 Å². The van der Waals surface area contributed by atoms with Gasteiger partial charge in [0.15, 0.2) is 11.5 Å². The number of halogens is 1. The minimum Gasteiger partial charge on any atom is -0.449 e. The monoisotopic (exact) mass is 496 g/mol. The number of hydrogen-bond donors (Lipinski definition) is 2. The molecule has 180 valence electrons. The first kappa shape index (κ1) is 23.8. The molecule has 2 aromatic carbocycles. The van der Waals surface area contributed by atoms with E-state index < -0.39 is 18.4 Å². The number of amides is 1. The van der Waals surface area contributed by atoms with E-state index in [4.69, 9.17) is 26.0 Å². The largest absolute Gasteiger partial charge is 0.511 e. The standard InChI is InChI=1S/C24H21ClN4O6/c1-14(19-5-3-4-6-20(19)25)33-23(30)27-21-15(2)35-28-22(21)17-9-7-16(8-10-17)12-29-13-18(11-26-29)34-24(31)32/h3-11,13-14H,12H2,1-2H3,(H,27,30)(H,31,32).